The lowest BCUT2D eigenvalue weighted by molar-refractivity contribution is -0.129. The lowest BCUT2D eigenvalue weighted by Crippen LogP contribution is -2.39. The van der Waals surface area contributed by atoms with Crippen molar-refractivity contribution in [3.8, 4) is 0 Å². The second-order valence-corrected chi connectivity index (χ2v) is 10.4. The molecule has 0 radical (unpaired) electrons. The van der Waals surface area contributed by atoms with E-state index in [4.69, 9.17) is 11.1 Å². The van der Waals surface area contributed by atoms with Gasteiger partial charge in [-0.3, -0.25) is 10.2 Å². The smallest absolute Gasteiger partial charge is 0.238 e. The van der Waals surface area contributed by atoms with Gasteiger partial charge >= 0.3 is 0 Å². The molecule has 1 unspecified atom stereocenters. The fourth-order valence-corrected chi connectivity index (χ4v) is 5.76. The first-order valence-corrected chi connectivity index (χ1v) is 12.4. The van der Waals surface area contributed by atoms with Crippen LogP contribution in [-0.2, 0) is 28.1 Å². The first-order valence-electron chi connectivity index (χ1n) is 10.8. The number of nitrogens with two attached hydrogens (primary N) is 1. The predicted molar refractivity (Wildman–Crippen MR) is 125 cm³/mol. The minimum atomic E-state index is -3.65. The van der Waals surface area contributed by atoms with E-state index in [-0.39, 0.29) is 22.7 Å². The Kier molecular flexibility index (Phi) is 6.06. The summed E-state index contributed by atoms with van der Waals surface area (Å²) < 4.78 is 27.4. The maximum atomic E-state index is 12.9. The van der Waals surface area contributed by atoms with Gasteiger partial charge < -0.3 is 15.2 Å². The summed E-state index contributed by atoms with van der Waals surface area (Å²) in [5.41, 5.74) is 8.46. The number of rotatable bonds is 7. The zero-order valence-electron chi connectivity index (χ0n) is 18.1. The average Bonchev–Trinajstić information content (AvgIpc) is 3.37. The van der Waals surface area contributed by atoms with Gasteiger partial charge in [0.25, 0.3) is 0 Å². The van der Waals surface area contributed by atoms with E-state index in [1.165, 1.54) is 12.1 Å². The van der Waals surface area contributed by atoms with Crippen molar-refractivity contribution < 1.29 is 13.2 Å². The maximum absolute atomic E-state index is 12.9. The van der Waals surface area contributed by atoms with Crippen molar-refractivity contribution in [1.82, 2.24) is 9.47 Å². The molecule has 4 rings (SSSR count). The maximum Gasteiger partial charge on any atom is 0.238 e. The van der Waals surface area contributed by atoms with Gasteiger partial charge in [-0.15, -0.1) is 0 Å². The highest BCUT2D eigenvalue weighted by Gasteiger charge is 2.31. The molecule has 2 heterocycles. The van der Waals surface area contributed by atoms with E-state index in [1.807, 2.05) is 25.2 Å². The van der Waals surface area contributed by atoms with Crippen LogP contribution in [0.4, 0.5) is 0 Å². The van der Waals surface area contributed by atoms with Crippen LogP contribution in [0.15, 0.2) is 59.5 Å². The van der Waals surface area contributed by atoms with Gasteiger partial charge in [-0.05, 0) is 55.3 Å². The normalized spacial score (nSPS) is 16.5. The molecule has 2 aromatic carbocycles. The standard InChI is InChI=1S/C24H28N4O3S/c1-27-20(14-17-9-10-18(24(25)26)15-22(17)27)12-11-19-6-5-13-28(19)23(29)16-32(30,31)21-7-3-2-4-8-21/h2-4,7-10,14-15,19H,5-6,11-13,16H2,1H3,(H3,25,26). The van der Waals surface area contributed by atoms with Crippen molar-refractivity contribution in [3.05, 3.63) is 65.9 Å². The van der Waals surface area contributed by atoms with Crippen LogP contribution in [0.1, 0.15) is 30.5 Å². The third kappa shape index (κ3) is 4.41. The topological polar surface area (TPSA) is 109 Å². The third-order valence-corrected chi connectivity index (χ3v) is 7.92. The highest BCUT2D eigenvalue weighted by Crippen LogP contribution is 2.26. The number of nitrogens with one attached hydrogen (secondary N) is 1. The Balaban J connectivity index is 1.45. The number of amides is 1. The van der Waals surface area contributed by atoms with E-state index in [9.17, 15) is 13.2 Å². The molecule has 1 amide bonds. The van der Waals surface area contributed by atoms with Crippen LogP contribution in [0.25, 0.3) is 10.9 Å². The number of nitrogen functional groups attached to an aromatic ring is 1. The van der Waals surface area contributed by atoms with Crippen LogP contribution in [-0.4, -0.2) is 48.0 Å². The van der Waals surface area contributed by atoms with Crippen molar-refractivity contribution in [2.45, 2.75) is 36.6 Å². The Bertz CT molecular complexity index is 1270. The van der Waals surface area contributed by atoms with Gasteiger partial charge in [0.15, 0.2) is 9.84 Å². The Morgan fingerprint density at radius 3 is 2.62 bits per heavy atom. The number of hydrogen-bond acceptors (Lipinski definition) is 4. The molecule has 1 fully saturated rings. The first-order chi connectivity index (χ1) is 15.3. The van der Waals surface area contributed by atoms with Crippen molar-refractivity contribution in [2.75, 3.05) is 12.3 Å². The molecule has 0 spiro atoms. The largest absolute Gasteiger partial charge is 0.384 e. The molecule has 32 heavy (non-hydrogen) atoms. The summed E-state index contributed by atoms with van der Waals surface area (Å²) >= 11 is 0. The van der Waals surface area contributed by atoms with Gasteiger partial charge in [0, 0.05) is 36.4 Å². The predicted octanol–water partition coefficient (Wildman–Crippen LogP) is 2.86. The lowest BCUT2D eigenvalue weighted by atomic mass is 10.1. The number of fused-ring (bicyclic) bond motifs is 1. The number of carbonyl (C=O) groups is 1. The molecule has 168 valence electrons. The van der Waals surface area contributed by atoms with Gasteiger partial charge in [0.05, 0.1) is 4.90 Å². The molecule has 1 aromatic heterocycles. The third-order valence-electron chi connectivity index (χ3n) is 6.30. The van der Waals surface area contributed by atoms with Crippen LogP contribution >= 0.6 is 0 Å². The second kappa shape index (κ2) is 8.78. The molecule has 3 aromatic rings. The van der Waals surface area contributed by atoms with Gasteiger partial charge in [-0.1, -0.05) is 30.3 Å². The summed E-state index contributed by atoms with van der Waals surface area (Å²) in [5, 5.41) is 8.73. The molecule has 1 aliphatic heterocycles. The number of likely N-dealkylation sites (tertiary alicyclic amines) is 1. The van der Waals surface area contributed by atoms with Crippen molar-refractivity contribution in [2.24, 2.45) is 12.8 Å². The molecule has 7 nitrogen and oxygen atoms in total. The molecule has 8 heteroatoms. The fraction of sp³-hybridized carbons (Fsp3) is 0.333. The van der Waals surface area contributed by atoms with Crippen LogP contribution in [0, 0.1) is 5.41 Å². The SMILES string of the molecule is Cn1c(CCC2CCCN2C(=O)CS(=O)(=O)c2ccccc2)cc2ccc(C(=N)N)cc21. The van der Waals surface area contributed by atoms with E-state index in [2.05, 4.69) is 10.6 Å². The molecular formula is C24H28N4O3S. The van der Waals surface area contributed by atoms with Gasteiger partial charge in [-0.2, -0.15) is 0 Å². The van der Waals surface area contributed by atoms with Crippen molar-refractivity contribution in [1.29, 1.82) is 5.41 Å². The lowest BCUT2D eigenvalue weighted by Gasteiger charge is -2.25. The van der Waals surface area contributed by atoms with E-state index in [0.29, 0.717) is 12.1 Å². The zero-order chi connectivity index (χ0) is 22.9. The second-order valence-electron chi connectivity index (χ2n) is 8.38. The number of hydrogen-bond donors (Lipinski definition) is 2. The van der Waals surface area contributed by atoms with Gasteiger partial charge in [0.1, 0.15) is 11.6 Å². The molecule has 3 N–H and O–H groups in total. The van der Waals surface area contributed by atoms with E-state index in [1.54, 1.807) is 23.1 Å². The number of sulfone groups is 1. The van der Waals surface area contributed by atoms with Crippen LogP contribution in [0.5, 0.6) is 0 Å². The first kappa shape index (κ1) is 22.1. The summed E-state index contributed by atoms with van der Waals surface area (Å²) in [7, 11) is -1.65. The van der Waals surface area contributed by atoms with Crippen molar-refractivity contribution >= 4 is 32.5 Å². The Morgan fingerprint density at radius 1 is 1.16 bits per heavy atom. The van der Waals surface area contributed by atoms with Gasteiger partial charge in [-0.25, -0.2) is 8.42 Å². The fourth-order valence-electron chi connectivity index (χ4n) is 4.53. The van der Waals surface area contributed by atoms with E-state index >= 15 is 0 Å². The average molecular weight is 453 g/mol. The Hall–Kier alpha value is -3.13. The molecule has 0 saturated carbocycles. The summed E-state index contributed by atoms with van der Waals surface area (Å²) in [6.45, 7) is 0.602. The van der Waals surface area contributed by atoms with Crippen LogP contribution in [0.2, 0.25) is 0 Å². The van der Waals surface area contributed by atoms with Crippen LogP contribution in [0.3, 0.4) is 0 Å². The quantitative estimate of drug-likeness (QED) is 0.424. The zero-order valence-corrected chi connectivity index (χ0v) is 18.9. The summed E-state index contributed by atoms with van der Waals surface area (Å²) in [6.07, 6.45) is 3.33. The minimum Gasteiger partial charge on any atom is -0.384 e. The van der Waals surface area contributed by atoms with E-state index in [0.717, 1.165) is 42.3 Å². The summed E-state index contributed by atoms with van der Waals surface area (Å²) in [6, 6.07) is 16.0. The number of amidine groups is 1. The molecule has 1 atom stereocenters. The highest BCUT2D eigenvalue weighted by atomic mass is 32.2. The molecule has 1 aliphatic rings. The minimum absolute atomic E-state index is 0.0410. The number of carbonyl (C=O) groups excluding carboxylic acids is 1. The van der Waals surface area contributed by atoms with Crippen LogP contribution < -0.4 is 5.73 Å². The number of aromatic nitrogens is 1. The summed E-state index contributed by atoms with van der Waals surface area (Å²) in [4.78, 5) is 14.8. The van der Waals surface area contributed by atoms with E-state index < -0.39 is 15.6 Å². The number of benzene rings is 2. The molecular weight excluding hydrogens is 424 g/mol. The molecule has 0 aliphatic carbocycles. The van der Waals surface area contributed by atoms with Crippen molar-refractivity contribution in [3.63, 3.8) is 0 Å². The summed E-state index contributed by atoms with van der Waals surface area (Å²) in [5.74, 6) is -0.769. The number of nitrogens with zero attached hydrogens (tertiary/aromatic N) is 2. The molecule has 1 saturated heterocycles. The monoisotopic (exact) mass is 452 g/mol. The number of aryl methyl sites for hydroxylation is 2. The Labute approximate surface area is 188 Å². The molecule has 0 bridgehead atoms. The highest BCUT2D eigenvalue weighted by molar-refractivity contribution is 7.92. The Morgan fingerprint density at radius 2 is 1.91 bits per heavy atom. The van der Waals surface area contributed by atoms with Gasteiger partial charge in [0.2, 0.25) is 5.91 Å².